The summed E-state index contributed by atoms with van der Waals surface area (Å²) in [6, 6.07) is 8.86. The third kappa shape index (κ3) is 4.51. The van der Waals surface area contributed by atoms with Gasteiger partial charge >= 0.3 is 0 Å². The lowest BCUT2D eigenvalue weighted by molar-refractivity contribution is 0.0882. The smallest absolute Gasteiger partial charge is 0.119 e. The zero-order valence-corrected chi connectivity index (χ0v) is 15.2. The van der Waals surface area contributed by atoms with E-state index in [0.717, 1.165) is 11.7 Å². The van der Waals surface area contributed by atoms with Gasteiger partial charge in [0.25, 0.3) is 0 Å². The largest absolute Gasteiger partial charge is 0.490 e. The first-order chi connectivity index (χ1) is 10.4. The number of hydrogen-bond acceptors (Lipinski definition) is 1. The number of rotatable bonds is 5. The maximum atomic E-state index is 6.22. The number of ether oxygens (including phenoxy) is 1. The van der Waals surface area contributed by atoms with E-state index in [1.807, 2.05) is 0 Å². The molecule has 0 amide bonds. The molecule has 0 atom stereocenters. The Hall–Kier alpha value is -0.980. The molecule has 124 valence electrons. The Labute approximate surface area is 137 Å². The van der Waals surface area contributed by atoms with E-state index in [0.29, 0.717) is 17.4 Å². The van der Waals surface area contributed by atoms with Gasteiger partial charge in [-0.3, -0.25) is 0 Å². The fourth-order valence-corrected chi connectivity index (χ4v) is 3.82. The van der Waals surface area contributed by atoms with E-state index < -0.39 is 0 Å². The van der Waals surface area contributed by atoms with Gasteiger partial charge in [-0.1, -0.05) is 46.8 Å². The second-order valence-corrected chi connectivity index (χ2v) is 8.04. The minimum atomic E-state index is 0.414. The highest BCUT2D eigenvalue weighted by molar-refractivity contribution is 5.29. The molecule has 0 aliphatic heterocycles. The fraction of sp³-hybridized carbons (Fsp3) is 0.714. The molecule has 1 aliphatic carbocycles. The molecule has 1 aromatic rings. The van der Waals surface area contributed by atoms with Crippen LogP contribution in [0, 0.1) is 11.3 Å². The van der Waals surface area contributed by atoms with Gasteiger partial charge in [0, 0.05) is 0 Å². The molecular formula is C21H34O. The van der Waals surface area contributed by atoms with Crippen LogP contribution in [0.2, 0.25) is 0 Å². The summed E-state index contributed by atoms with van der Waals surface area (Å²) in [5.74, 6) is 2.59. The van der Waals surface area contributed by atoms with Crippen LogP contribution in [0.4, 0.5) is 0 Å². The molecule has 22 heavy (non-hydrogen) atoms. The van der Waals surface area contributed by atoms with E-state index in [1.165, 1.54) is 44.1 Å². The van der Waals surface area contributed by atoms with Crippen LogP contribution < -0.4 is 4.74 Å². The van der Waals surface area contributed by atoms with Gasteiger partial charge in [-0.2, -0.15) is 0 Å². The average molecular weight is 303 g/mol. The summed E-state index contributed by atoms with van der Waals surface area (Å²) in [6.07, 6.45) is 7.87. The Balaban J connectivity index is 1.87. The van der Waals surface area contributed by atoms with Crippen LogP contribution >= 0.6 is 0 Å². The Bertz CT molecular complexity index is 428. The maximum Gasteiger partial charge on any atom is 0.119 e. The lowest BCUT2D eigenvalue weighted by atomic mass is 9.72. The number of benzene rings is 1. The normalized spacial score (nSPS) is 22.8. The minimum Gasteiger partial charge on any atom is -0.490 e. The van der Waals surface area contributed by atoms with E-state index in [1.54, 1.807) is 0 Å². The lowest BCUT2D eigenvalue weighted by Crippen LogP contribution is -2.30. The van der Waals surface area contributed by atoms with Crippen molar-refractivity contribution in [3.63, 3.8) is 0 Å². The van der Waals surface area contributed by atoms with Gasteiger partial charge < -0.3 is 4.74 Å². The van der Waals surface area contributed by atoms with Gasteiger partial charge in [0.05, 0.1) is 6.10 Å². The van der Waals surface area contributed by atoms with Gasteiger partial charge in [-0.15, -0.1) is 0 Å². The molecule has 1 saturated carbocycles. The SMILES string of the molecule is CCC(CC)c1ccc(OC2CCC(C(C)(C)C)CC2)cc1. The topological polar surface area (TPSA) is 9.23 Å². The average Bonchev–Trinajstić information content (AvgIpc) is 2.50. The van der Waals surface area contributed by atoms with E-state index in [-0.39, 0.29) is 0 Å². The van der Waals surface area contributed by atoms with E-state index in [4.69, 9.17) is 4.74 Å². The van der Waals surface area contributed by atoms with Gasteiger partial charge in [-0.05, 0) is 73.5 Å². The summed E-state index contributed by atoms with van der Waals surface area (Å²) in [7, 11) is 0. The third-order valence-corrected chi connectivity index (χ3v) is 5.54. The van der Waals surface area contributed by atoms with Crippen molar-refractivity contribution in [1.82, 2.24) is 0 Å². The number of hydrogen-bond donors (Lipinski definition) is 0. The molecule has 0 unspecified atom stereocenters. The molecule has 0 spiro atoms. The summed E-state index contributed by atoms with van der Waals surface area (Å²) < 4.78 is 6.22. The molecule has 0 radical (unpaired) electrons. The van der Waals surface area contributed by atoms with Crippen molar-refractivity contribution in [3.8, 4) is 5.75 Å². The summed E-state index contributed by atoms with van der Waals surface area (Å²) in [5.41, 5.74) is 1.90. The van der Waals surface area contributed by atoms with Gasteiger partial charge in [-0.25, -0.2) is 0 Å². The molecule has 1 aliphatic rings. The Kier molecular flexibility index (Phi) is 5.94. The Morgan fingerprint density at radius 2 is 1.50 bits per heavy atom. The summed E-state index contributed by atoms with van der Waals surface area (Å²) in [5, 5.41) is 0. The minimum absolute atomic E-state index is 0.414. The van der Waals surface area contributed by atoms with Crippen molar-refractivity contribution >= 4 is 0 Å². The fourth-order valence-electron chi connectivity index (χ4n) is 3.82. The Morgan fingerprint density at radius 1 is 0.955 bits per heavy atom. The molecule has 1 fully saturated rings. The molecule has 0 saturated heterocycles. The maximum absolute atomic E-state index is 6.22. The van der Waals surface area contributed by atoms with E-state index in [9.17, 15) is 0 Å². The van der Waals surface area contributed by atoms with Crippen molar-refractivity contribution in [2.75, 3.05) is 0 Å². The second-order valence-electron chi connectivity index (χ2n) is 8.04. The molecule has 2 rings (SSSR count). The van der Waals surface area contributed by atoms with Crippen LogP contribution in [-0.2, 0) is 0 Å². The first-order valence-electron chi connectivity index (χ1n) is 9.20. The summed E-state index contributed by atoms with van der Waals surface area (Å²) in [6.45, 7) is 11.7. The Morgan fingerprint density at radius 3 is 1.95 bits per heavy atom. The highest BCUT2D eigenvalue weighted by Crippen LogP contribution is 2.38. The van der Waals surface area contributed by atoms with Gasteiger partial charge in [0.1, 0.15) is 5.75 Å². The van der Waals surface area contributed by atoms with Crippen molar-refractivity contribution in [1.29, 1.82) is 0 Å². The second kappa shape index (κ2) is 7.53. The van der Waals surface area contributed by atoms with Crippen LogP contribution in [0.15, 0.2) is 24.3 Å². The molecule has 0 heterocycles. The highest BCUT2D eigenvalue weighted by Gasteiger charge is 2.30. The monoisotopic (exact) mass is 302 g/mol. The zero-order chi connectivity index (χ0) is 16.2. The predicted molar refractivity (Wildman–Crippen MR) is 95.6 cm³/mol. The van der Waals surface area contributed by atoms with Gasteiger partial charge in [0.15, 0.2) is 0 Å². The van der Waals surface area contributed by atoms with Crippen molar-refractivity contribution in [2.45, 2.75) is 85.2 Å². The highest BCUT2D eigenvalue weighted by atomic mass is 16.5. The zero-order valence-electron chi connectivity index (χ0n) is 15.2. The van der Waals surface area contributed by atoms with E-state index >= 15 is 0 Å². The van der Waals surface area contributed by atoms with E-state index in [2.05, 4.69) is 58.9 Å². The van der Waals surface area contributed by atoms with Crippen LogP contribution in [-0.4, -0.2) is 6.10 Å². The molecular weight excluding hydrogens is 268 g/mol. The van der Waals surface area contributed by atoms with Crippen LogP contribution in [0.25, 0.3) is 0 Å². The molecule has 0 bridgehead atoms. The van der Waals surface area contributed by atoms with Crippen LogP contribution in [0.5, 0.6) is 5.75 Å². The predicted octanol–water partition coefficient (Wildman–Crippen LogP) is 6.57. The van der Waals surface area contributed by atoms with Crippen molar-refractivity contribution < 1.29 is 4.74 Å². The lowest BCUT2D eigenvalue weighted by Gasteiger charge is -2.37. The first-order valence-corrected chi connectivity index (χ1v) is 9.20. The van der Waals surface area contributed by atoms with Crippen LogP contribution in [0.3, 0.4) is 0 Å². The molecule has 0 N–H and O–H groups in total. The quantitative estimate of drug-likeness (QED) is 0.597. The molecule has 1 heteroatoms. The standard InChI is InChI=1S/C21H34O/c1-6-16(7-2)17-8-12-19(13-9-17)22-20-14-10-18(11-15-20)21(3,4)5/h8-9,12-13,16,18,20H,6-7,10-11,14-15H2,1-5H3. The van der Waals surface area contributed by atoms with Crippen LogP contribution in [0.1, 0.15) is 84.6 Å². The van der Waals surface area contributed by atoms with Gasteiger partial charge in [0.2, 0.25) is 0 Å². The summed E-state index contributed by atoms with van der Waals surface area (Å²) in [4.78, 5) is 0. The first kappa shape index (κ1) is 17.4. The van der Waals surface area contributed by atoms with Crippen molar-refractivity contribution in [3.05, 3.63) is 29.8 Å². The summed E-state index contributed by atoms with van der Waals surface area (Å²) >= 11 is 0. The van der Waals surface area contributed by atoms with Crippen molar-refractivity contribution in [2.24, 2.45) is 11.3 Å². The molecule has 1 nitrogen and oxygen atoms in total. The molecule has 1 aromatic carbocycles. The molecule has 0 aromatic heterocycles. The third-order valence-electron chi connectivity index (χ3n) is 5.54.